The van der Waals surface area contributed by atoms with E-state index in [1.807, 2.05) is 19.1 Å². The van der Waals surface area contributed by atoms with Crippen molar-refractivity contribution in [2.75, 3.05) is 18.5 Å². The number of para-hydroxylation sites is 1. The number of benzene rings is 1. The Kier molecular flexibility index (Phi) is 5.97. The predicted molar refractivity (Wildman–Crippen MR) is 81.5 cm³/mol. The first-order chi connectivity index (χ1) is 8.45. The summed E-state index contributed by atoms with van der Waals surface area (Å²) in [5.41, 5.74) is 8.28. The summed E-state index contributed by atoms with van der Waals surface area (Å²) >= 11 is 6.35. The zero-order valence-electron chi connectivity index (χ0n) is 11.9. The standard InChI is InChI=1S/C15H25ClN2/c1-5-11(2)10-18(4)15-13(9-12(3)17)7-6-8-14(15)16/h6-8,11-12H,5,9-10,17H2,1-4H3. The summed E-state index contributed by atoms with van der Waals surface area (Å²) in [6.07, 6.45) is 2.04. The number of hydrogen-bond acceptors (Lipinski definition) is 2. The Morgan fingerprint density at radius 1 is 1.33 bits per heavy atom. The van der Waals surface area contributed by atoms with E-state index < -0.39 is 0 Å². The average molecular weight is 269 g/mol. The zero-order valence-corrected chi connectivity index (χ0v) is 12.7. The van der Waals surface area contributed by atoms with Crippen molar-refractivity contribution in [1.82, 2.24) is 0 Å². The quantitative estimate of drug-likeness (QED) is 0.852. The monoisotopic (exact) mass is 268 g/mol. The van der Waals surface area contributed by atoms with E-state index in [2.05, 4.69) is 31.9 Å². The molecule has 0 heterocycles. The maximum Gasteiger partial charge on any atom is 0.0642 e. The van der Waals surface area contributed by atoms with E-state index in [0.29, 0.717) is 5.92 Å². The van der Waals surface area contributed by atoms with Crippen molar-refractivity contribution in [2.45, 2.75) is 39.7 Å². The van der Waals surface area contributed by atoms with Crippen molar-refractivity contribution in [3.63, 3.8) is 0 Å². The Morgan fingerprint density at radius 3 is 2.56 bits per heavy atom. The summed E-state index contributed by atoms with van der Waals surface area (Å²) in [5, 5.41) is 0.818. The number of nitrogens with two attached hydrogens (primary N) is 1. The summed E-state index contributed by atoms with van der Waals surface area (Å²) in [4.78, 5) is 2.26. The summed E-state index contributed by atoms with van der Waals surface area (Å²) in [7, 11) is 2.11. The molecule has 18 heavy (non-hydrogen) atoms. The van der Waals surface area contributed by atoms with Gasteiger partial charge in [-0.05, 0) is 30.9 Å². The first-order valence-corrected chi connectivity index (χ1v) is 7.07. The molecule has 0 saturated heterocycles. The van der Waals surface area contributed by atoms with E-state index in [0.717, 1.165) is 23.7 Å². The van der Waals surface area contributed by atoms with Gasteiger partial charge in [0.1, 0.15) is 0 Å². The van der Waals surface area contributed by atoms with Gasteiger partial charge in [-0.1, -0.05) is 44.0 Å². The Balaban J connectivity index is 2.97. The van der Waals surface area contributed by atoms with Gasteiger partial charge in [0.05, 0.1) is 10.7 Å². The Bertz CT molecular complexity index is 377. The summed E-state index contributed by atoms with van der Waals surface area (Å²) in [5.74, 6) is 0.662. The van der Waals surface area contributed by atoms with E-state index in [4.69, 9.17) is 17.3 Å². The first kappa shape index (κ1) is 15.3. The highest BCUT2D eigenvalue weighted by atomic mass is 35.5. The molecule has 0 bridgehead atoms. The van der Waals surface area contributed by atoms with E-state index in [9.17, 15) is 0 Å². The van der Waals surface area contributed by atoms with Gasteiger partial charge in [0.2, 0.25) is 0 Å². The van der Waals surface area contributed by atoms with Crippen molar-refractivity contribution in [3.05, 3.63) is 28.8 Å². The van der Waals surface area contributed by atoms with Gasteiger partial charge in [0, 0.05) is 19.6 Å². The maximum absolute atomic E-state index is 6.35. The van der Waals surface area contributed by atoms with Gasteiger partial charge in [-0.3, -0.25) is 0 Å². The SMILES string of the molecule is CCC(C)CN(C)c1c(Cl)cccc1CC(C)N. The molecule has 0 amide bonds. The van der Waals surface area contributed by atoms with Gasteiger partial charge >= 0.3 is 0 Å². The molecule has 2 atom stereocenters. The van der Waals surface area contributed by atoms with Crippen LogP contribution in [0.15, 0.2) is 18.2 Å². The average Bonchev–Trinajstić information content (AvgIpc) is 2.27. The van der Waals surface area contributed by atoms with Crippen LogP contribution < -0.4 is 10.6 Å². The topological polar surface area (TPSA) is 29.3 Å². The minimum atomic E-state index is 0.152. The second kappa shape index (κ2) is 7.01. The molecule has 1 aromatic carbocycles. The molecular formula is C15H25ClN2. The summed E-state index contributed by atoms with van der Waals surface area (Å²) in [6, 6.07) is 6.23. The summed E-state index contributed by atoms with van der Waals surface area (Å²) in [6.45, 7) is 7.53. The lowest BCUT2D eigenvalue weighted by atomic mass is 10.0. The van der Waals surface area contributed by atoms with Crippen molar-refractivity contribution < 1.29 is 0 Å². The third-order valence-corrected chi connectivity index (χ3v) is 3.58. The second-order valence-corrected chi connectivity index (χ2v) is 5.73. The van der Waals surface area contributed by atoms with Crippen LogP contribution in [0.1, 0.15) is 32.8 Å². The predicted octanol–water partition coefficient (Wildman–Crippen LogP) is 3.71. The second-order valence-electron chi connectivity index (χ2n) is 5.32. The molecule has 0 aromatic heterocycles. The summed E-state index contributed by atoms with van der Waals surface area (Å²) < 4.78 is 0. The van der Waals surface area contributed by atoms with Gasteiger partial charge in [-0.2, -0.15) is 0 Å². The van der Waals surface area contributed by atoms with Crippen LogP contribution in [0.5, 0.6) is 0 Å². The first-order valence-electron chi connectivity index (χ1n) is 6.69. The highest BCUT2D eigenvalue weighted by molar-refractivity contribution is 6.33. The molecule has 1 aromatic rings. The van der Waals surface area contributed by atoms with Crippen LogP contribution >= 0.6 is 11.6 Å². The number of anilines is 1. The van der Waals surface area contributed by atoms with Crippen LogP contribution in [0.4, 0.5) is 5.69 Å². The molecular weight excluding hydrogens is 244 g/mol. The molecule has 102 valence electrons. The van der Waals surface area contributed by atoms with Crippen LogP contribution in [0.25, 0.3) is 0 Å². The van der Waals surface area contributed by atoms with Gasteiger partial charge in [-0.15, -0.1) is 0 Å². The molecule has 0 aliphatic rings. The molecule has 0 aliphatic carbocycles. The van der Waals surface area contributed by atoms with E-state index in [1.54, 1.807) is 0 Å². The molecule has 2 nitrogen and oxygen atoms in total. The van der Waals surface area contributed by atoms with Gasteiger partial charge in [-0.25, -0.2) is 0 Å². The lowest BCUT2D eigenvalue weighted by Gasteiger charge is -2.27. The van der Waals surface area contributed by atoms with Crippen LogP contribution in [-0.4, -0.2) is 19.6 Å². The molecule has 0 spiro atoms. The normalized spacial score (nSPS) is 14.3. The van der Waals surface area contributed by atoms with Crippen LogP contribution in [0, 0.1) is 5.92 Å². The molecule has 0 radical (unpaired) electrons. The number of halogens is 1. The van der Waals surface area contributed by atoms with Gasteiger partial charge in [0.25, 0.3) is 0 Å². The van der Waals surface area contributed by atoms with E-state index in [1.165, 1.54) is 12.0 Å². The molecule has 0 saturated carbocycles. The zero-order chi connectivity index (χ0) is 13.7. The van der Waals surface area contributed by atoms with Crippen molar-refractivity contribution in [2.24, 2.45) is 11.7 Å². The molecule has 2 unspecified atom stereocenters. The van der Waals surface area contributed by atoms with Gasteiger partial charge in [0.15, 0.2) is 0 Å². The lowest BCUT2D eigenvalue weighted by molar-refractivity contribution is 0.559. The number of rotatable bonds is 6. The molecule has 0 aliphatic heterocycles. The van der Waals surface area contributed by atoms with Crippen LogP contribution in [0.2, 0.25) is 5.02 Å². The molecule has 0 fully saturated rings. The fourth-order valence-corrected chi connectivity index (χ4v) is 2.53. The minimum absolute atomic E-state index is 0.152. The molecule has 3 heteroatoms. The lowest BCUT2D eigenvalue weighted by Crippen LogP contribution is -2.26. The van der Waals surface area contributed by atoms with Crippen LogP contribution in [0.3, 0.4) is 0 Å². The third kappa shape index (κ3) is 4.18. The number of nitrogens with zero attached hydrogens (tertiary/aromatic N) is 1. The maximum atomic E-state index is 6.35. The minimum Gasteiger partial charge on any atom is -0.373 e. The Labute approximate surface area is 116 Å². The van der Waals surface area contributed by atoms with Gasteiger partial charge < -0.3 is 10.6 Å². The fourth-order valence-electron chi connectivity index (χ4n) is 2.19. The highest BCUT2D eigenvalue weighted by Gasteiger charge is 2.14. The largest absolute Gasteiger partial charge is 0.373 e. The third-order valence-electron chi connectivity index (χ3n) is 3.28. The molecule has 2 N–H and O–H groups in total. The van der Waals surface area contributed by atoms with Crippen molar-refractivity contribution in [3.8, 4) is 0 Å². The van der Waals surface area contributed by atoms with E-state index >= 15 is 0 Å². The van der Waals surface area contributed by atoms with Crippen molar-refractivity contribution in [1.29, 1.82) is 0 Å². The Hall–Kier alpha value is -0.730. The highest BCUT2D eigenvalue weighted by Crippen LogP contribution is 2.30. The number of hydrogen-bond donors (Lipinski definition) is 1. The fraction of sp³-hybridized carbons (Fsp3) is 0.600. The smallest absolute Gasteiger partial charge is 0.0642 e. The van der Waals surface area contributed by atoms with Crippen molar-refractivity contribution >= 4 is 17.3 Å². The van der Waals surface area contributed by atoms with Crippen LogP contribution in [-0.2, 0) is 6.42 Å². The van der Waals surface area contributed by atoms with E-state index in [-0.39, 0.29) is 6.04 Å². The molecule has 1 rings (SSSR count). The Morgan fingerprint density at radius 2 is 2.00 bits per heavy atom.